The third-order valence-corrected chi connectivity index (χ3v) is 5.62. The van der Waals surface area contributed by atoms with Crippen molar-refractivity contribution in [2.75, 3.05) is 13.1 Å². The number of likely N-dealkylation sites (tertiary alicyclic amines) is 1. The summed E-state index contributed by atoms with van der Waals surface area (Å²) in [5.74, 6) is 0.974. The average Bonchev–Trinajstić information content (AvgIpc) is 3.14. The Labute approximate surface area is 150 Å². The second-order valence-corrected chi connectivity index (χ2v) is 8.54. The summed E-state index contributed by atoms with van der Waals surface area (Å²) in [6, 6.07) is 7.22. The molecule has 3 nitrogen and oxygen atoms in total. The summed E-state index contributed by atoms with van der Waals surface area (Å²) < 4.78 is 0. The lowest BCUT2D eigenvalue weighted by molar-refractivity contribution is 0.134. The van der Waals surface area contributed by atoms with E-state index in [2.05, 4.69) is 34.3 Å². The minimum atomic E-state index is -0.775. The highest BCUT2D eigenvalue weighted by atomic mass is 16.3. The van der Waals surface area contributed by atoms with Gasteiger partial charge in [-0.2, -0.15) is 0 Å². The first-order valence-corrected chi connectivity index (χ1v) is 9.74. The molecule has 4 rings (SSSR count). The zero-order valence-corrected chi connectivity index (χ0v) is 15.5. The van der Waals surface area contributed by atoms with E-state index >= 15 is 0 Å². The Morgan fingerprint density at radius 2 is 2.12 bits per heavy atom. The predicted octanol–water partition coefficient (Wildman–Crippen LogP) is 4.37. The fourth-order valence-corrected chi connectivity index (χ4v) is 4.02. The monoisotopic (exact) mass is 338 g/mol. The summed E-state index contributed by atoms with van der Waals surface area (Å²) in [5, 5.41) is 11.2. The van der Waals surface area contributed by atoms with Gasteiger partial charge in [0.05, 0.1) is 5.60 Å². The van der Waals surface area contributed by atoms with Crippen LogP contribution >= 0.6 is 0 Å². The van der Waals surface area contributed by atoms with Crippen LogP contribution < -0.4 is 0 Å². The number of nitrogens with zero attached hydrogens (tertiary/aromatic N) is 1. The molecule has 3 heteroatoms. The molecule has 1 aromatic carbocycles. The number of benzene rings is 1. The van der Waals surface area contributed by atoms with Crippen LogP contribution in [0.5, 0.6) is 0 Å². The van der Waals surface area contributed by atoms with Gasteiger partial charge < -0.3 is 10.1 Å². The molecular formula is C22H30N2O. The molecule has 1 atom stereocenters. The van der Waals surface area contributed by atoms with Crippen molar-refractivity contribution in [2.45, 2.75) is 57.6 Å². The summed E-state index contributed by atoms with van der Waals surface area (Å²) in [6.07, 6.45) is 12.8. The quantitative estimate of drug-likeness (QED) is 0.821. The van der Waals surface area contributed by atoms with E-state index in [1.165, 1.54) is 55.2 Å². The molecule has 2 aromatic rings. The largest absolute Gasteiger partial charge is 0.386 e. The number of H-pyrrole nitrogens is 1. The standard InChI is InChI=1S/C22H30N2O/c1-22(2,25)10-9-16-7-8-21-20(12-16)18(14-23-21)13-19-4-3-11-24(19)15-17-5-6-17/h7-10,12,14,17,19,23,25H,3-6,11,13,15H2,1-2H3/t19-/m1/s1. The van der Waals surface area contributed by atoms with E-state index < -0.39 is 5.60 Å². The Morgan fingerprint density at radius 1 is 1.28 bits per heavy atom. The van der Waals surface area contributed by atoms with E-state index in [1.54, 1.807) is 13.8 Å². The van der Waals surface area contributed by atoms with E-state index in [4.69, 9.17) is 0 Å². The van der Waals surface area contributed by atoms with Crippen LogP contribution in [0.15, 0.2) is 30.5 Å². The maximum Gasteiger partial charge on any atom is 0.0774 e. The molecule has 25 heavy (non-hydrogen) atoms. The van der Waals surface area contributed by atoms with Crippen molar-refractivity contribution in [2.24, 2.45) is 5.92 Å². The number of aromatic nitrogens is 1. The molecule has 1 aliphatic carbocycles. The van der Waals surface area contributed by atoms with Crippen LogP contribution in [0.25, 0.3) is 17.0 Å². The highest BCUT2D eigenvalue weighted by Crippen LogP contribution is 2.33. The average molecular weight is 338 g/mol. The molecule has 1 aliphatic heterocycles. The lowest BCUT2D eigenvalue weighted by atomic mass is 10.0. The van der Waals surface area contributed by atoms with E-state index in [0.717, 1.165) is 17.9 Å². The van der Waals surface area contributed by atoms with E-state index in [-0.39, 0.29) is 0 Å². The molecule has 0 bridgehead atoms. The highest BCUT2D eigenvalue weighted by Gasteiger charge is 2.31. The summed E-state index contributed by atoms with van der Waals surface area (Å²) in [7, 11) is 0. The molecule has 1 saturated heterocycles. The number of hydrogen-bond donors (Lipinski definition) is 2. The Morgan fingerprint density at radius 3 is 2.88 bits per heavy atom. The number of aliphatic hydroxyl groups is 1. The van der Waals surface area contributed by atoms with Crippen molar-refractivity contribution in [3.63, 3.8) is 0 Å². The summed E-state index contributed by atoms with van der Waals surface area (Å²) in [6.45, 7) is 6.20. The van der Waals surface area contributed by atoms with Gasteiger partial charge in [0, 0.05) is 29.7 Å². The Hall–Kier alpha value is -1.58. The van der Waals surface area contributed by atoms with Crippen LogP contribution in [0.2, 0.25) is 0 Å². The molecule has 2 fully saturated rings. The number of aromatic amines is 1. The second kappa shape index (κ2) is 6.62. The lowest BCUT2D eigenvalue weighted by Crippen LogP contribution is -2.32. The van der Waals surface area contributed by atoms with Crippen molar-refractivity contribution in [1.29, 1.82) is 0 Å². The molecule has 2 N–H and O–H groups in total. The fraction of sp³-hybridized carbons (Fsp3) is 0.545. The van der Waals surface area contributed by atoms with Gasteiger partial charge >= 0.3 is 0 Å². The minimum Gasteiger partial charge on any atom is -0.386 e. The summed E-state index contributed by atoms with van der Waals surface area (Å²) >= 11 is 0. The Kier molecular flexibility index (Phi) is 4.47. The fourth-order valence-electron chi connectivity index (χ4n) is 4.02. The number of hydrogen-bond acceptors (Lipinski definition) is 2. The molecule has 1 saturated carbocycles. The zero-order chi connectivity index (χ0) is 17.4. The van der Waals surface area contributed by atoms with Crippen LogP contribution in [0.3, 0.4) is 0 Å². The summed E-state index contributed by atoms with van der Waals surface area (Å²) in [5.41, 5.74) is 3.02. The molecule has 0 spiro atoms. The van der Waals surface area contributed by atoms with Crippen molar-refractivity contribution >= 4 is 17.0 Å². The van der Waals surface area contributed by atoms with E-state index in [1.807, 2.05) is 12.2 Å². The minimum absolute atomic E-state index is 0.704. The van der Waals surface area contributed by atoms with Crippen molar-refractivity contribution in [1.82, 2.24) is 9.88 Å². The molecule has 0 amide bonds. The van der Waals surface area contributed by atoms with Gasteiger partial charge in [0.25, 0.3) is 0 Å². The molecular weight excluding hydrogens is 308 g/mol. The first-order valence-electron chi connectivity index (χ1n) is 9.74. The molecule has 2 heterocycles. The van der Waals surface area contributed by atoms with Crippen LogP contribution in [-0.4, -0.2) is 39.7 Å². The molecule has 0 radical (unpaired) electrons. The SMILES string of the molecule is CC(C)(O)C=Cc1ccc2[nH]cc(C[C@H]3CCCN3CC3CC3)c2c1. The third-order valence-electron chi connectivity index (χ3n) is 5.62. The van der Waals surface area contributed by atoms with Gasteiger partial charge in [-0.1, -0.05) is 18.2 Å². The molecule has 0 unspecified atom stereocenters. The second-order valence-electron chi connectivity index (χ2n) is 8.54. The number of nitrogens with one attached hydrogen (secondary N) is 1. The third kappa shape index (κ3) is 4.16. The molecule has 2 aliphatic rings. The smallest absolute Gasteiger partial charge is 0.0774 e. The van der Waals surface area contributed by atoms with Crippen molar-refractivity contribution in [3.05, 3.63) is 41.6 Å². The van der Waals surface area contributed by atoms with Gasteiger partial charge in [-0.3, -0.25) is 4.90 Å². The number of rotatable bonds is 6. The summed E-state index contributed by atoms with van der Waals surface area (Å²) in [4.78, 5) is 6.17. The van der Waals surface area contributed by atoms with Crippen LogP contribution in [-0.2, 0) is 6.42 Å². The van der Waals surface area contributed by atoms with Gasteiger partial charge in [0.1, 0.15) is 0 Å². The van der Waals surface area contributed by atoms with E-state index in [9.17, 15) is 5.11 Å². The molecule has 1 aromatic heterocycles. The number of fused-ring (bicyclic) bond motifs is 1. The Balaban J connectivity index is 1.53. The zero-order valence-electron chi connectivity index (χ0n) is 15.5. The first-order chi connectivity index (χ1) is 12.0. The normalized spacial score (nSPS) is 22.4. The first kappa shape index (κ1) is 16.9. The maximum absolute atomic E-state index is 9.90. The molecule has 134 valence electrons. The Bertz CT molecular complexity index is 764. The van der Waals surface area contributed by atoms with Crippen molar-refractivity contribution in [3.8, 4) is 0 Å². The van der Waals surface area contributed by atoms with Gasteiger partial charge in [0.15, 0.2) is 0 Å². The topological polar surface area (TPSA) is 39.3 Å². The maximum atomic E-state index is 9.90. The van der Waals surface area contributed by atoms with Crippen LogP contribution in [0, 0.1) is 5.92 Å². The van der Waals surface area contributed by atoms with Crippen LogP contribution in [0.4, 0.5) is 0 Å². The van der Waals surface area contributed by atoms with E-state index in [0.29, 0.717) is 6.04 Å². The highest BCUT2D eigenvalue weighted by molar-refractivity contribution is 5.85. The van der Waals surface area contributed by atoms with Crippen molar-refractivity contribution < 1.29 is 5.11 Å². The van der Waals surface area contributed by atoms with Gasteiger partial charge in [-0.15, -0.1) is 0 Å². The van der Waals surface area contributed by atoms with Crippen LogP contribution in [0.1, 0.15) is 50.7 Å². The lowest BCUT2D eigenvalue weighted by Gasteiger charge is -2.24. The van der Waals surface area contributed by atoms with Gasteiger partial charge in [0.2, 0.25) is 0 Å². The van der Waals surface area contributed by atoms with Gasteiger partial charge in [-0.25, -0.2) is 0 Å². The predicted molar refractivity (Wildman–Crippen MR) is 105 cm³/mol. The van der Waals surface area contributed by atoms with Gasteiger partial charge in [-0.05, 0) is 81.7 Å².